The molecule has 4 nitrogen and oxygen atoms in total. The monoisotopic (exact) mass is 326 g/mol. The second-order valence-electron chi connectivity index (χ2n) is 6.19. The van der Waals surface area contributed by atoms with Gasteiger partial charge in [-0.1, -0.05) is 77.0 Å². The molecule has 0 unspecified atom stereocenters. The molecule has 0 fully saturated rings. The zero-order valence-electron chi connectivity index (χ0n) is 15.9. The van der Waals surface area contributed by atoms with Gasteiger partial charge in [-0.25, -0.2) is 0 Å². The van der Waals surface area contributed by atoms with Crippen LogP contribution in [0.25, 0.3) is 0 Å². The van der Waals surface area contributed by atoms with Crippen molar-refractivity contribution in [3.8, 4) is 0 Å². The fraction of sp³-hybridized carbons (Fsp3) is 0.889. The third kappa shape index (κ3) is 27.0. The maximum atomic E-state index is 10.2. The SMILES string of the molecule is O=C([O-])CCCCCCCCCCCCCCCCC(=O)[O-].[Li+].[Li+]. The van der Waals surface area contributed by atoms with Gasteiger partial charge in [0.1, 0.15) is 0 Å². The molecule has 0 aliphatic heterocycles. The molecule has 0 aliphatic carbocycles. The molecule has 130 valence electrons. The Balaban J connectivity index is -0.00000220. The molecule has 0 amide bonds. The van der Waals surface area contributed by atoms with Crippen LogP contribution in [0.3, 0.4) is 0 Å². The van der Waals surface area contributed by atoms with Crippen LogP contribution in [0.1, 0.15) is 103 Å². The van der Waals surface area contributed by atoms with E-state index in [1.54, 1.807) is 0 Å². The van der Waals surface area contributed by atoms with Crippen LogP contribution < -0.4 is 47.9 Å². The molecule has 0 aromatic carbocycles. The Labute approximate surface area is 171 Å². The van der Waals surface area contributed by atoms with Gasteiger partial charge in [0.25, 0.3) is 0 Å². The van der Waals surface area contributed by atoms with Gasteiger partial charge in [-0.15, -0.1) is 0 Å². The summed E-state index contributed by atoms with van der Waals surface area (Å²) in [5, 5.41) is 20.4. The van der Waals surface area contributed by atoms with Crippen LogP contribution in [0, 0.1) is 0 Å². The fourth-order valence-corrected chi connectivity index (χ4v) is 2.66. The summed E-state index contributed by atoms with van der Waals surface area (Å²) >= 11 is 0. The van der Waals surface area contributed by atoms with Gasteiger partial charge in [-0.3, -0.25) is 0 Å². The summed E-state index contributed by atoms with van der Waals surface area (Å²) in [6.07, 6.45) is 16.3. The molecule has 0 rings (SSSR count). The van der Waals surface area contributed by atoms with Crippen LogP contribution in [-0.4, -0.2) is 11.9 Å². The number of rotatable bonds is 17. The second-order valence-corrected chi connectivity index (χ2v) is 6.19. The molecule has 0 heterocycles. The first kappa shape index (κ1) is 28.9. The molecule has 0 saturated heterocycles. The average Bonchev–Trinajstić information content (AvgIpc) is 2.46. The Morgan fingerprint density at radius 1 is 0.417 bits per heavy atom. The van der Waals surface area contributed by atoms with E-state index >= 15 is 0 Å². The smallest absolute Gasteiger partial charge is 0.550 e. The van der Waals surface area contributed by atoms with Crippen molar-refractivity contribution in [2.24, 2.45) is 0 Å². The summed E-state index contributed by atoms with van der Waals surface area (Å²) in [7, 11) is 0. The van der Waals surface area contributed by atoms with E-state index < -0.39 is 11.9 Å². The molecule has 0 radical (unpaired) electrons. The largest absolute Gasteiger partial charge is 1.00 e. The first-order chi connectivity index (χ1) is 10.6. The van der Waals surface area contributed by atoms with Crippen molar-refractivity contribution in [2.75, 3.05) is 0 Å². The molecule has 0 aliphatic rings. The van der Waals surface area contributed by atoms with Crippen LogP contribution >= 0.6 is 0 Å². The van der Waals surface area contributed by atoms with Gasteiger partial charge in [0.05, 0.1) is 0 Å². The summed E-state index contributed by atoms with van der Waals surface area (Å²) in [6.45, 7) is 0. The van der Waals surface area contributed by atoms with E-state index in [9.17, 15) is 19.8 Å². The van der Waals surface area contributed by atoms with Gasteiger partial charge >= 0.3 is 37.7 Å². The topological polar surface area (TPSA) is 80.3 Å². The molecule has 0 saturated carbocycles. The van der Waals surface area contributed by atoms with Crippen molar-refractivity contribution in [2.45, 2.75) is 103 Å². The maximum Gasteiger partial charge on any atom is 1.00 e. The normalized spacial score (nSPS) is 9.83. The Kier molecular flexibility index (Phi) is 27.9. The van der Waals surface area contributed by atoms with E-state index in [2.05, 4.69) is 0 Å². The number of carboxylic acid groups (broad SMARTS) is 2. The first-order valence-corrected chi connectivity index (χ1v) is 9.02. The van der Waals surface area contributed by atoms with Crippen LogP contribution in [0.15, 0.2) is 0 Å². The van der Waals surface area contributed by atoms with Crippen LogP contribution in [0.5, 0.6) is 0 Å². The van der Waals surface area contributed by atoms with E-state index in [1.165, 1.54) is 51.4 Å². The number of unbranched alkanes of at least 4 members (excludes halogenated alkanes) is 13. The minimum atomic E-state index is -0.932. The van der Waals surface area contributed by atoms with Gasteiger partial charge in [0, 0.05) is 11.9 Å². The number of hydrogen-bond donors (Lipinski definition) is 0. The number of aliphatic carboxylic acids is 2. The minimum absolute atomic E-state index is 0. The predicted octanol–water partition coefficient (Wildman–Crippen LogP) is -3.26. The summed E-state index contributed by atoms with van der Waals surface area (Å²) in [6, 6.07) is 0. The van der Waals surface area contributed by atoms with Crippen molar-refractivity contribution in [3.05, 3.63) is 0 Å². The van der Waals surface area contributed by atoms with Crippen molar-refractivity contribution >= 4 is 11.9 Å². The molecular weight excluding hydrogens is 294 g/mol. The third-order valence-corrected chi connectivity index (χ3v) is 4.01. The third-order valence-electron chi connectivity index (χ3n) is 4.01. The molecule has 0 N–H and O–H groups in total. The van der Waals surface area contributed by atoms with Crippen LogP contribution in [0.2, 0.25) is 0 Å². The molecule has 0 aromatic rings. The predicted molar refractivity (Wildman–Crippen MR) is 83.9 cm³/mol. The Bertz CT molecular complexity index is 258. The van der Waals surface area contributed by atoms with E-state index in [0.717, 1.165) is 38.5 Å². The zero-order chi connectivity index (χ0) is 16.5. The number of carbonyl (C=O) groups excluding carboxylic acids is 2. The Hall–Kier alpha value is 0.135. The van der Waals surface area contributed by atoms with Crippen molar-refractivity contribution in [1.82, 2.24) is 0 Å². The van der Waals surface area contributed by atoms with E-state index in [4.69, 9.17) is 0 Å². The Morgan fingerprint density at radius 3 is 0.750 bits per heavy atom. The van der Waals surface area contributed by atoms with Gasteiger partial charge < -0.3 is 19.8 Å². The second kappa shape index (κ2) is 23.1. The van der Waals surface area contributed by atoms with Crippen LogP contribution in [0.4, 0.5) is 0 Å². The molecule has 0 bridgehead atoms. The number of carboxylic acids is 2. The standard InChI is InChI=1S/C18H34O4.2Li/c19-17(20)15-13-11-9-7-5-3-1-2-4-6-8-10-12-14-16-18(21)22;;/h1-16H2,(H,19,20)(H,21,22);;/q;2*+1/p-2. The number of hydrogen-bond acceptors (Lipinski definition) is 4. The quantitative estimate of drug-likeness (QED) is 0.208. The fourth-order valence-electron chi connectivity index (χ4n) is 2.66. The molecule has 6 heteroatoms. The van der Waals surface area contributed by atoms with Crippen molar-refractivity contribution in [1.29, 1.82) is 0 Å². The average molecular weight is 326 g/mol. The van der Waals surface area contributed by atoms with E-state index in [1.807, 2.05) is 0 Å². The van der Waals surface area contributed by atoms with Crippen molar-refractivity contribution < 1.29 is 57.5 Å². The van der Waals surface area contributed by atoms with E-state index in [-0.39, 0.29) is 50.6 Å². The maximum absolute atomic E-state index is 10.2. The zero-order valence-corrected chi connectivity index (χ0v) is 15.9. The van der Waals surface area contributed by atoms with Gasteiger partial charge in [-0.2, -0.15) is 0 Å². The van der Waals surface area contributed by atoms with Crippen molar-refractivity contribution in [3.63, 3.8) is 0 Å². The summed E-state index contributed by atoms with van der Waals surface area (Å²) < 4.78 is 0. The summed E-state index contributed by atoms with van der Waals surface area (Å²) in [4.78, 5) is 20.4. The molecule has 24 heavy (non-hydrogen) atoms. The van der Waals surface area contributed by atoms with Gasteiger partial charge in [0.15, 0.2) is 0 Å². The Morgan fingerprint density at radius 2 is 0.583 bits per heavy atom. The van der Waals surface area contributed by atoms with Crippen LogP contribution in [-0.2, 0) is 9.59 Å². The first-order valence-electron chi connectivity index (χ1n) is 9.02. The summed E-state index contributed by atoms with van der Waals surface area (Å²) in [5.41, 5.74) is 0. The van der Waals surface area contributed by atoms with Gasteiger partial charge in [-0.05, 0) is 25.7 Å². The molecule has 0 aromatic heterocycles. The number of carbonyl (C=O) groups is 2. The van der Waals surface area contributed by atoms with Gasteiger partial charge in [0.2, 0.25) is 0 Å². The minimum Gasteiger partial charge on any atom is -0.550 e. The molecule has 0 spiro atoms. The molecule has 0 atom stereocenters. The van der Waals surface area contributed by atoms with E-state index in [0.29, 0.717) is 0 Å². The molecular formula is C18H32Li2O4. The summed E-state index contributed by atoms with van der Waals surface area (Å²) in [5.74, 6) is -1.86.